The van der Waals surface area contributed by atoms with Gasteiger partial charge in [-0.05, 0) is 23.6 Å². The summed E-state index contributed by atoms with van der Waals surface area (Å²) in [6.07, 6.45) is 3.06. The van der Waals surface area contributed by atoms with Crippen LogP contribution < -0.4 is 4.90 Å². The van der Waals surface area contributed by atoms with Gasteiger partial charge in [-0.25, -0.2) is 0 Å². The highest BCUT2D eigenvalue weighted by molar-refractivity contribution is 5.64. The van der Waals surface area contributed by atoms with Gasteiger partial charge in [-0.1, -0.05) is 68.5 Å². The third kappa shape index (κ3) is 2.37. The zero-order chi connectivity index (χ0) is 14.9. The first-order valence-electron chi connectivity index (χ1n) is 7.65. The Morgan fingerprint density at radius 3 is 2.43 bits per heavy atom. The highest BCUT2D eigenvalue weighted by Gasteiger charge is 2.43. The minimum atomic E-state index is 0.152. The second-order valence-electron chi connectivity index (χ2n) is 6.39. The Morgan fingerprint density at radius 1 is 1.05 bits per heavy atom. The molecule has 0 spiro atoms. The average molecular weight is 277 g/mol. The number of benzene rings is 2. The summed E-state index contributed by atoms with van der Waals surface area (Å²) >= 11 is 0. The van der Waals surface area contributed by atoms with Crippen LogP contribution in [0.5, 0.6) is 0 Å². The smallest absolute Gasteiger partial charge is 0.0433 e. The molecule has 21 heavy (non-hydrogen) atoms. The molecule has 0 radical (unpaired) electrons. The molecule has 3 rings (SSSR count). The second-order valence-corrected chi connectivity index (χ2v) is 6.39. The number of fused-ring (bicyclic) bond motifs is 1. The van der Waals surface area contributed by atoms with Gasteiger partial charge in [0.15, 0.2) is 0 Å². The van der Waals surface area contributed by atoms with E-state index in [1.54, 1.807) is 0 Å². The van der Waals surface area contributed by atoms with Crippen molar-refractivity contribution in [2.45, 2.75) is 38.3 Å². The van der Waals surface area contributed by atoms with E-state index in [4.69, 9.17) is 0 Å². The molecule has 1 heteroatoms. The molecule has 0 bridgehead atoms. The van der Waals surface area contributed by atoms with Crippen LogP contribution in [-0.4, -0.2) is 6.04 Å². The van der Waals surface area contributed by atoms with E-state index in [0.717, 1.165) is 13.0 Å². The molecule has 2 aromatic rings. The van der Waals surface area contributed by atoms with Gasteiger partial charge in [0.1, 0.15) is 0 Å². The molecule has 0 aliphatic carbocycles. The average Bonchev–Trinajstić information content (AvgIpc) is 2.71. The van der Waals surface area contributed by atoms with E-state index in [9.17, 15) is 0 Å². The minimum absolute atomic E-state index is 0.152. The number of hydrogen-bond donors (Lipinski definition) is 0. The molecule has 0 saturated carbocycles. The van der Waals surface area contributed by atoms with Gasteiger partial charge >= 0.3 is 0 Å². The van der Waals surface area contributed by atoms with E-state index < -0.39 is 0 Å². The molecule has 1 atom stereocenters. The molecule has 1 aliphatic rings. The van der Waals surface area contributed by atoms with Crippen molar-refractivity contribution in [3.8, 4) is 0 Å². The van der Waals surface area contributed by atoms with E-state index >= 15 is 0 Å². The predicted molar refractivity (Wildman–Crippen MR) is 90.7 cm³/mol. The molecule has 2 aromatic carbocycles. The topological polar surface area (TPSA) is 3.24 Å². The maximum absolute atomic E-state index is 3.97. The molecule has 108 valence electrons. The van der Waals surface area contributed by atoms with Crippen LogP contribution in [0.15, 0.2) is 67.3 Å². The van der Waals surface area contributed by atoms with E-state index in [2.05, 4.69) is 86.0 Å². The van der Waals surface area contributed by atoms with Crippen LogP contribution in [0.1, 0.15) is 31.4 Å². The first-order chi connectivity index (χ1) is 10.1. The Bertz CT molecular complexity index is 627. The molecule has 0 saturated heterocycles. The van der Waals surface area contributed by atoms with Crippen LogP contribution in [-0.2, 0) is 12.0 Å². The fourth-order valence-corrected chi connectivity index (χ4v) is 3.56. The first-order valence-corrected chi connectivity index (χ1v) is 7.65. The maximum Gasteiger partial charge on any atom is 0.0433 e. The van der Waals surface area contributed by atoms with E-state index in [0.29, 0.717) is 6.04 Å². The Labute approximate surface area is 127 Å². The number of hydrogen-bond acceptors (Lipinski definition) is 1. The van der Waals surface area contributed by atoms with Gasteiger partial charge in [-0.3, -0.25) is 0 Å². The third-order valence-electron chi connectivity index (χ3n) is 4.70. The highest BCUT2D eigenvalue weighted by atomic mass is 15.2. The standard InChI is InChI=1S/C20H23N/c1-4-10-19-20(2,3)17-13-8-9-14-18(17)21(19)15-16-11-6-5-7-12-16/h4-9,11-14,19H,1,10,15H2,2-3H3. The Morgan fingerprint density at radius 2 is 1.71 bits per heavy atom. The number of para-hydroxylation sites is 1. The van der Waals surface area contributed by atoms with Crippen LogP contribution >= 0.6 is 0 Å². The van der Waals surface area contributed by atoms with E-state index in [1.807, 2.05) is 0 Å². The zero-order valence-corrected chi connectivity index (χ0v) is 12.9. The lowest BCUT2D eigenvalue weighted by molar-refractivity contribution is 0.416. The van der Waals surface area contributed by atoms with Crippen LogP contribution in [0.2, 0.25) is 0 Å². The van der Waals surface area contributed by atoms with Gasteiger partial charge in [0.2, 0.25) is 0 Å². The number of rotatable bonds is 4. The molecular formula is C20H23N. The Hall–Kier alpha value is -2.02. The van der Waals surface area contributed by atoms with Crippen LogP contribution in [0, 0.1) is 0 Å². The maximum atomic E-state index is 3.97. The lowest BCUT2D eigenvalue weighted by Crippen LogP contribution is -2.40. The van der Waals surface area contributed by atoms with Crippen molar-refractivity contribution in [2.24, 2.45) is 0 Å². The summed E-state index contributed by atoms with van der Waals surface area (Å²) in [5.74, 6) is 0. The Balaban J connectivity index is 2.02. The van der Waals surface area contributed by atoms with Crippen LogP contribution in [0.4, 0.5) is 5.69 Å². The molecule has 1 nitrogen and oxygen atoms in total. The normalized spacial score (nSPS) is 19.3. The fraction of sp³-hybridized carbons (Fsp3) is 0.300. The lowest BCUT2D eigenvalue weighted by Gasteiger charge is -2.34. The highest BCUT2D eigenvalue weighted by Crippen LogP contribution is 2.46. The van der Waals surface area contributed by atoms with Gasteiger partial charge in [0.05, 0.1) is 0 Å². The quantitative estimate of drug-likeness (QED) is 0.716. The zero-order valence-electron chi connectivity index (χ0n) is 12.9. The lowest BCUT2D eigenvalue weighted by atomic mass is 9.79. The van der Waals surface area contributed by atoms with Gasteiger partial charge in [0, 0.05) is 23.7 Å². The van der Waals surface area contributed by atoms with Crippen molar-refractivity contribution in [1.29, 1.82) is 0 Å². The van der Waals surface area contributed by atoms with Crippen molar-refractivity contribution in [1.82, 2.24) is 0 Å². The van der Waals surface area contributed by atoms with Gasteiger partial charge in [0.25, 0.3) is 0 Å². The summed E-state index contributed by atoms with van der Waals surface area (Å²) in [6.45, 7) is 9.63. The molecule has 0 aromatic heterocycles. The monoisotopic (exact) mass is 277 g/mol. The number of anilines is 1. The summed E-state index contributed by atoms with van der Waals surface area (Å²) in [5.41, 5.74) is 4.34. The van der Waals surface area contributed by atoms with Crippen molar-refractivity contribution in [2.75, 3.05) is 4.90 Å². The molecule has 1 aliphatic heterocycles. The molecule has 0 amide bonds. The predicted octanol–water partition coefficient (Wildman–Crippen LogP) is 4.93. The summed E-state index contributed by atoms with van der Waals surface area (Å²) in [7, 11) is 0. The third-order valence-corrected chi connectivity index (χ3v) is 4.70. The first kappa shape index (κ1) is 13.9. The van der Waals surface area contributed by atoms with E-state index in [-0.39, 0.29) is 5.41 Å². The summed E-state index contributed by atoms with van der Waals surface area (Å²) in [4.78, 5) is 2.55. The Kier molecular flexibility index (Phi) is 3.59. The largest absolute Gasteiger partial charge is 0.363 e. The van der Waals surface area contributed by atoms with Gasteiger partial charge in [-0.2, -0.15) is 0 Å². The summed E-state index contributed by atoms with van der Waals surface area (Å²) < 4.78 is 0. The van der Waals surface area contributed by atoms with Crippen molar-refractivity contribution < 1.29 is 0 Å². The van der Waals surface area contributed by atoms with E-state index in [1.165, 1.54) is 16.8 Å². The molecular weight excluding hydrogens is 254 g/mol. The van der Waals surface area contributed by atoms with Crippen molar-refractivity contribution in [3.63, 3.8) is 0 Å². The molecule has 1 unspecified atom stereocenters. The van der Waals surface area contributed by atoms with Crippen LogP contribution in [0.3, 0.4) is 0 Å². The molecule has 0 fully saturated rings. The number of nitrogens with zero attached hydrogens (tertiary/aromatic N) is 1. The van der Waals surface area contributed by atoms with Crippen molar-refractivity contribution >= 4 is 5.69 Å². The summed E-state index contributed by atoms with van der Waals surface area (Å²) in [5, 5.41) is 0. The molecule has 1 heterocycles. The van der Waals surface area contributed by atoms with Gasteiger partial charge < -0.3 is 4.90 Å². The van der Waals surface area contributed by atoms with Crippen LogP contribution in [0.25, 0.3) is 0 Å². The molecule has 0 N–H and O–H groups in total. The van der Waals surface area contributed by atoms with Gasteiger partial charge in [-0.15, -0.1) is 6.58 Å². The summed E-state index contributed by atoms with van der Waals surface area (Å²) in [6, 6.07) is 20.0. The fourth-order valence-electron chi connectivity index (χ4n) is 3.56. The SMILES string of the molecule is C=CCC1N(Cc2ccccc2)c2ccccc2C1(C)C. The second kappa shape index (κ2) is 5.40. The minimum Gasteiger partial charge on any atom is -0.363 e. The van der Waals surface area contributed by atoms with Crippen molar-refractivity contribution in [3.05, 3.63) is 78.4 Å².